The van der Waals surface area contributed by atoms with Gasteiger partial charge in [0.15, 0.2) is 0 Å². The molecule has 0 aromatic heterocycles. The first-order chi connectivity index (χ1) is 9.72. The van der Waals surface area contributed by atoms with Crippen LogP contribution in [0.2, 0.25) is 5.02 Å². The lowest BCUT2D eigenvalue weighted by Crippen LogP contribution is -2.18. The molecule has 0 aliphatic carbocycles. The summed E-state index contributed by atoms with van der Waals surface area (Å²) < 4.78 is 6.08. The normalized spacial score (nSPS) is 12.6. The lowest BCUT2D eigenvalue weighted by molar-refractivity contribution is 0.210. The highest BCUT2D eigenvalue weighted by molar-refractivity contribution is 6.35. The minimum absolute atomic E-state index is 0.207. The van der Waals surface area contributed by atoms with Crippen LogP contribution >= 0.6 is 11.6 Å². The summed E-state index contributed by atoms with van der Waals surface area (Å²) in [4.78, 5) is 0. The smallest absolute Gasteiger partial charge is 0.127 e. The number of ether oxygens (including phenoxy) is 1. The van der Waals surface area contributed by atoms with Gasteiger partial charge in [-0.05, 0) is 45.0 Å². The molecule has 0 fully saturated rings. The molecule has 0 aliphatic rings. The minimum atomic E-state index is 0.207. The maximum Gasteiger partial charge on any atom is 0.127 e. The van der Waals surface area contributed by atoms with E-state index in [0.717, 1.165) is 47.5 Å². The molecule has 0 amide bonds. The summed E-state index contributed by atoms with van der Waals surface area (Å²) in [6, 6.07) is 12.0. The van der Waals surface area contributed by atoms with Gasteiger partial charge in [0.1, 0.15) is 5.75 Å². The number of nitrogens with one attached hydrogen (secondary N) is 1. The van der Waals surface area contributed by atoms with E-state index in [1.54, 1.807) is 0 Å². The van der Waals surface area contributed by atoms with Crippen LogP contribution in [0.25, 0.3) is 10.8 Å². The van der Waals surface area contributed by atoms with Crippen molar-refractivity contribution in [3.8, 4) is 5.75 Å². The molecule has 0 radical (unpaired) electrons. The van der Waals surface area contributed by atoms with Crippen LogP contribution in [0.4, 0.5) is 0 Å². The molecule has 2 aromatic carbocycles. The Morgan fingerprint density at radius 1 is 1.15 bits per heavy atom. The van der Waals surface area contributed by atoms with Crippen LogP contribution in [0.5, 0.6) is 5.75 Å². The van der Waals surface area contributed by atoms with Crippen molar-refractivity contribution in [1.29, 1.82) is 0 Å². The Bertz CT molecular complexity index is 556. The zero-order chi connectivity index (χ0) is 14.4. The van der Waals surface area contributed by atoms with Crippen molar-refractivity contribution < 1.29 is 4.74 Å². The fourth-order valence-electron chi connectivity index (χ4n) is 2.30. The van der Waals surface area contributed by atoms with Crippen LogP contribution in [-0.4, -0.2) is 19.2 Å². The predicted octanol–water partition coefficient (Wildman–Crippen LogP) is 4.65. The van der Waals surface area contributed by atoms with Gasteiger partial charge in [0.2, 0.25) is 0 Å². The molecule has 0 heterocycles. The Morgan fingerprint density at radius 3 is 2.65 bits per heavy atom. The van der Waals surface area contributed by atoms with Crippen LogP contribution in [0.15, 0.2) is 36.4 Å². The standard InChI is InChI=1S/C17H22ClNO/c1-3-19-12-6-7-13(2)20-17-11-10-16(18)14-8-4-5-9-15(14)17/h4-5,8-11,13,19H,3,6-7,12H2,1-2H3. The van der Waals surface area contributed by atoms with Crippen LogP contribution in [0, 0.1) is 0 Å². The van der Waals surface area contributed by atoms with Crippen molar-refractivity contribution in [3.05, 3.63) is 41.4 Å². The lowest BCUT2D eigenvalue weighted by Gasteiger charge is -2.17. The first-order valence-corrected chi connectivity index (χ1v) is 7.64. The van der Waals surface area contributed by atoms with E-state index in [1.807, 2.05) is 30.3 Å². The molecule has 1 atom stereocenters. The van der Waals surface area contributed by atoms with Gasteiger partial charge in [0.05, 0.1) is 6.10 Å². The molecule has 3 heteroatoms. The van der Waals surface area contributed by atoms with Gasteiger partial charge in [-0.25, -0.2) is 0 Å². The summed E-state index contributed by atoms with van der Waals surface area (Å²) in [6.45, 7) is 6.32. The molecule has 1 N–H and O–H groups in total. The van der Waals surface area contributed by atoms with Crippen molar-refractivity contribution in [2.75, 3.05) is 13.1 Å². The van der Waals surface area contributed by atoms with Crippen molar-refractivity contribution in [3.63, 3.8) is 0 Å². The predicted molar refractivity (Wildman–Crippen MR) is 86.8 cm³/mol. The molecule has 0 bridgehead atoms. The quantitative estimate of drug-likeness (QED) is 0.750. The topological polar surface area (TPSA) is 21.3 Å². The summed E-state index contributed by atoms with van der Waals surface area (Å²) in [5.41, 5.74) is 0. The number of rotatable bonds is 7. The number of halogens is 1. The van der Waals surface area contributed by atoms with Crippen LogP contribution in [0.1, 0.15) is 26.7 Å². The summed E-state index contributed by atoms with van der Waals surface area (Å²) in [5, 5.41) is 6.23. The van der Waals surface area contributed by atoms with Crippen molar-refractivity contribution in [2.24, 2.45) is 0 Å². The van der Waals surface area contributed by atoms with Crippen molar-refractivity contribution >= 4 is 22.4 Å². The molecule has 0 saturated carbocycles. The SMILES string of the molecule is CCNCCCC(C)Oc1ccc(Cl)c2ccccc12. The number of benzene rings is 2. The van der Waals surface area contributed by atoms with Crippen LogP contribution in [-0.2, 0) is 0 Å². The van der Waals surface area contributed by atoms with Crippen molar-refractivity contribution in [1.82, 2.24) is 5.32 Å². The molecule has 2 aromatic rings. The number of fused-ring (bicyclic) bond motifs is 1. The summed E-state index contributed by atoms with van der Waals surface area (Å²) in [5.74, 6) is 0.918. The third-order valence-corrected chi connectivity index (χ3v) is 3.70. The molecule has 108 valence electrons. The Morgan fingerprint density at radius 2 is 1.90 bits per heavy atom. The highest BCUT2D eigenvalue weighted by Crippen LogP contribution is 2.32. The second-order valence-electron chi connectivity index (χ2n) is 5.02. The van der Waals surface area contributed by atoms with Gasteiger partial charge in [0, 0.05) is 15.8 Å². The van der Waals surface area contributed by atoms with E-state index < -0.39 is 0 Å². The number of hydrogen-bond donors (Lipinski definition) is 1. The average Bonchev–Trinajstić information content (AvgIpc) is 2.47. The lowest BCUT2D eigenvalue weighted by atomic mass is 10.1. The van der Waals surface area contributed by atoms with Crippen molar-refractivity contribution in [2.45, 2.75) is 32.8 Å². The highest BCUT2D eigenvalue weighted by Gasteiger charge is 2.09. The van der Waals surface area contributed by atoms with Gasteiger partial charge in [-0.3, -0.25) is 0 Å². The van der Waals surface area contributed by atoms with Gasteiger partial charge in [-0.2, -0.15) is 0 Å². The van der Waals surface area contributed by atoms with E-state index in [-0.39, 0.29) is 6.10 Å². The monoisotopic (exact) mass is 291 g/mol. The zero-order valence-electron chi connectivity index (χ0n) is 12.2. The summed E-state index contributed by atoms with van der Waals surface area (Å²) in [7, 11) is 0. The molecule has 2 nitrogen and oxygen atoms in total. The summed E-state index contributed by atoms with van der Waals surface area (Å²) >= 11 is 6.22. The Balaban J connectivity index is 2.04. The second kappa shape index (κ2) is 7.51. The zero-order valence-corrected chi connectivity index (χ0v) is 12.9. The first kappa shape index (κ1) is 15.1. The van der Waals surface area contributed by atoms with E-state index in [2.05, 4.69) is 25.2 Å². The second-order valence-corrected chi connectivity index (χ2v) is 5.42. The Hall–Kier alpha value is -1.25. The Kier molecular flexibility index (Phi) is 5.69. The molecule has 0 spiro atoms. The van der Waals surface area contributed by atoms with Gasteiger partial charge >= 0.3 is 0 Å². The third kappa shape index (κ3) is 3.87. The molecular weight excluding hydrogens is 270 g/mol. The molecule has 0 aliphatic heterocycles. The van der Waals surface area contributed by atoms with Gasteiger partial charge in [-0.15, -0.1) is 0 Å². The van der Waals surface area contributed by atoms with E-state index >= 15 is 0 Å². The molecular formula is C17H22ClNO. The Labute approximate surface area is 126 Å². The van der Waals surface area contributed by atoms with Gasteiger partial charge in [0.25, 0.3) is 0 Å². The first-order valence-electron chi connectivity index (χ1n) is 7.27. The van der Waals surface area contributed by atoms with E-state index in [4.69, 9.17) is 16.3 Å². The van der Waals surface area contributed by atoms with E-state index in [9.17, 15) is 0 Å². The maximum atomic E-state index is 6.22. The summed E-state index contributed by atoms with van der Waals surface area (Å²) in [6.07, 6.45) is 2.38. The molecule has 2 rings (SSSR count). The highest BCUT2D eigenvalue weighted by atomic mass is 35.5. The van der Waals surface area contributed by atoms with E-state index in [1.165, 1.54) is 0 Å². The molecule has 1 unspecified atom stereocenters. The van der Waals surface area contributed by atoms with Gasteiger partial charge < -0.3 is 10.1 Å². The molecule has 20 heavy (non-hydrogen) atoms. The average molecular weight is 292 g/mol. The number of hydrogen-bond acceptors (Lipinski definition) is 2. The fraction of sp³-hybridized carbons (Fsp3) is 0.412. The van der Waals surface area contributed by atoms with E-state index in [0.29, 0.717) is 0 Å². The molecule has 0 saturated heterocycles. The largest absolute Gasteiger partial charge is 0.490 e. The maximum absolute atomic E-state index is 6.22. The van der Waals surface area contributed by atoms with Crippen LogP contribution < -0.4 is 10.1 Å². The van der Waals surface area contributed by atoms with Gasteiger partial charge in [-0.1, -0.05) is 42.8 Å². The van der Waals surface area contributed by atoms with Crippen LogP contribution in [0.3, 0.4) is 0 Å². The third-order valence-electron chi connectivity index (χ3n) is 3.37. The minimum Gasteiger partial charge on any atom is -0.490 e. The fourth-order valence-corrected chi connectivity index (χ4v) is 2.53.